The Morgan fingerprint density at radius 1 is 1.15 bits per heavy atom. The fourth-order valence-corrected chi connectivity index (χ4v) is 2.93. The SMILES string of the molecule is CCOCc1cc(C(=O)OCC(=O)Nc2ccccc2SC)ccc1OC. The molecule has 0 heterocycles. The van der Waals surface area contributed by atoms with Crippen LogP contribution in [0.3, 0.4) is 0 Å². The van der Waals surface area contributed by atoms with E-state index in [9.17, 15) is 9.59 Å². The number of hydrogen-bond donors (Lipinski definition) is 1. The maximum Gasteiger partial charge on any atom is 0.338 e. The largest absolute Gasteiger partial charge is 0.496 e. The molecule has 27 heavy (non-hydrogen) atoms. The van der Waals surface area contributed by atoms with Crippen molar-refractivity contribution in [3.63, 3.8) is 0 Å². The number of benzene rings is 2. The van der Waals surface area contributed by atoms with Gasteiger partial charge in [-0.2, -0.15) is 0 Å². The van der Waals surface area contributed by atoms with Gasteiger partial charge in [-0.15, -0.1) is 11.8 Å². The van der Waals surface area contributed by atoms with Crippen molar-refractivity contribution in [2.45, 2.75) is 18.4 Å². The summed E-state index contributed by atoms with van der Waals surface area (Å²) in [5, 5.41) is 2.75. The zero-order valence-corrected chi connectivity index (χ0v) is 16.4. The molecule has 0 spiro atoms. The standard InChI is InChI=1S/C20H23NO5S/c1-4-25-12-15-11-14(9-10-17(15)24-2)20(23)26-13-19(22)21-16-7-5-6-8-18(16)27-3/h5-11H,4,12-13H2,1-3H3,(H,21,22). The third-order valence-corrected chi connectivity index (χ3v) is 4.49. The van der Waals surface area contributed by atoms with E-state index in [4.69, 9.17) is 14.2 Å². The van der Waals surface area contributed by atoms with E-state index in [1.807, 2.05) is 31.4 Å². The molecule has 2 rings (SSSR count). The van der Waals surface area contributed by atoms with E-state index in [-0.39, 0.29) is 6.61 Å². The topological polar surface area (TPSA) is 73.9 Å². The Morgan fingerprint density at radius 3 is 2.63 bits per heavy atom. The monoisotopic (exact) mass is 389 g/mol. The minimum Gasteiger partial charge on any atom is -0.496 e. The van der Waals surface area contributed by atoms with Crippen molar-refractivity contribution < 1.29 is 23.8 Å². The molecule has 6 nitrogen and oxygen atoms in total. The summed E-state index contributed by atoms with van der Waals surface area (Å²) < 4.78 is 15.8. The minimum atomic E-state index is -0.580. The van der Waals surface area contributed by atoms with Crippen LogP contribution < -0.4 is 10.1 Å². The molecule has 1 N–H and O–H groups in total. The van der Waals surface area contributed by atoms with Crippen molar-refractivity contribution in [3.05, 3.63) is 53.6 Å². The minimum absolute atomic E-state index is 0.326. The van der Waals surface area contributed by atoms with E-state index in [0.29, 0.717) is 30.2 Å². The first-order valence-corrected chi connectivity index (χ1v) is 9.66. The summed E-state index contributed by atoms with van der Waals surface area (Å²) in [6.45, 7) is 2.40. The number of hydrogen-bond acceptors (Lipinski definition) is 6. The van der Waals surface area contributed by atoms with Crippen LogP contribution in [0.5, 0.6) is 5.75 Å². The van der Waals surface area contributed by atoms with Crippen molar-refractivity contribution in [2.75, 3.05) is 31.9 Å². The summed E-state index contributed by atoms with van der Waals surface area (Å²) >= 11 is 1.52. The summed E-state index contributed by atoms with van der Waals surface area (Å²) in [6.07, 6.45) is 1.93. The first kappa shape index (κ1) is 20.8. The lowest BCUT2D eigenvalue weighted by atomic mass is 10.1. The van der Waals surface area contributed by atoms with Crippen LogP contribution in [0.15, 0.2) is 47.4 Å². The molecule has 0 radical (unpaired) electrons. The van der Waals surface area contributed by atoms with Gasteiger partial charge in [0.25, 0.3) is 5.91 Å². The number of ether oxygens (including phenoxy) is 3. The lowest BCUT2D eigenvalue weighted by Crippen LogP contribution is -2.21. The zero-order chi connectivity index (χ0) is 19.6. The Hall–Kier alpha value is -2.51. The third kappa shape index (κ3) is 6.01. The highest BCUT2D eigenvalue weighted by Crippen LogP contribution is 2.24. The Balaban J connectivity index is 1.97. The molecule has 0 aliphatic rings. The van der Waals surface area contributed by atoms with Gasteiger partial charge in [0.2, 0.25) is 0 Å². The van der Waals surface area contributed by atoms with Gasteiger partial charge in [-0.05, 0) is 43.5 Å². The lowest BCUT2D eigenvalue weighted by molar-refractivity contribution is -0.119. The van der Waals surface area contributed by atoms with Crippen molar-refractivity contribution in [1.82, 2.24) is 0 Å². The molecule has 0 saturated heterocycles. The first-order chi connectivity index (χ1) is 13.1. The van der Waals surface area contributed by atoms with Crippen LogP contribution in [-0.4, -0.2) is 38.5 Å². The zero-order valence-electron chi connectivity index (χ0n) is 15.6. The lowest BCUT2D eigenvalue weighted by Gasteiger charge is -2.11. The predicted molar refractivity (Wildman–Crippen MR) is 105 cm³/mol. The Kier molecular flexibility index (Phi) is 8.16. The van der Waals surface area contributed by atoms with Crippen molar-refractivity contribution >= 4 is 29.3 Å². The summed E-state index contributed by atoms with van der Waals surface area (Å²) in [5.74, 6) is -0.344. The second-order valence-corrected chi connectivity index (χ2v) is 6.34. The number of rotatable bonds is 9. The van der Waals surface area contributed by atoms with Crippen molar-refractivity contribution in [1.29, 1.82) is 0 Å². The molecule has 0 unspecified atom stereocenters. The van der Waals surface area contributed by atoms with Gasteiger partial charge in [-0.3, -0.25) is 4.79 Å². The number of anilines is 1. The maximum absolute atomic E-state index is 12.3. The van der Waals surface area contributed by atoms with Gasteiger partial charge in [0.1, 0.15) is 5.75 Å². The van der Waals surface area contributed by atoms with Crippen LogP contribution in [-0.2, 0) is 20.9 Å². The second-order valence-electron chi connectivity index (χ2n) is 5.49. The number of nitrogens with one attached hydrogen (secondary N) is 1. The van der Waals surface area contributed by atoms with Gasteiger partial charge >= 0.3 is 5.97 Å². The van der Waals surface area contributed by atoms with Crippen LogP contribution in [0.4, 0.5) is 5.69 Å². The number of methoxy groups -OCH3 is 1. The van der Waals surface area contributed by atoms with Crippen LogP contribution in [0, 0.1) is 0 Å². The molecule has 1 amide bonds. The van der Waals surface area contributed by atoms with Gasteiger partial charge in [-0.25, -0.2) is 4.79 Å². The molecule has 0 fully saturated rings. The van der Waals surface area contributed by atoms with Gasteiger partial charge in [0.05, 0.1) is 25.0 Å². The molecule has 0 bridgehead atoms. The maximum atomic E-state index is 12.3. The van der Waals surface area contributed by atoms with E-state index in [1.54, 1.807) is 31.4 Å². The van der Waals surface area contributed by atoms with Crippen molar-refractivity contribution in [3.8, 4) is 5.75 Å². The number of carbonyl (C=O) groups excluding carboxylic acids is 2. The number of thioether (sulfide) groups is 1. The quantitative estimate of drug-likeness (QED) is 0.520. The molecule has 7 heteroatoms. The predicted octanol–water partition coefficient (Wildman–Crippen LogP) is 3.75. The fraction of sp³-hybridized carbons (Fsp3) is 0.300. The van der Waals surface area contributed by atoms with E-state index >= 15 is 0 Å². The van der Waals surface area contributed by atoms with Crippen LogP contribution in [0.1, 0.15) is 22.8 Å². The van der Waals surface area contributed by atoms with E-state index in [0.717, 1.165) is 10.5 Å². The average molecular weight is 389 g/mol. The highest BCUT2D eigenvalue weighted by atomic mass is 32.2. The van der Waals surface area contributed by atoms with E-state index in [2.05, 4.69) is 5.32 Å². The summed E-state index contributed by atoms with van der Waals surface area (Å²) in [7, 11) is 1.56. The normalized spacial score (nSPS) is 10.3. The molecule has 144 valence electrons. The van der Waals surface area contributed by atoms with Gasteiger partial charge < -0.3 is 19.5 Å². The first-order valence-electron chi connectivity index (χ1n) is 8.43. The van der Waals surface area contributed by atoms with E-state index in [1.165, 1.54) is 11.8 Å². The number of para-hydroxylation sites is 1. The number of amides is 1. The Bertz CT molecular complexity index is 794. The average Bonchev–Trinajstić information content (AvgIpc) is 2.70. The molecule has 0 atom stereocenters. The smallest absolute Gasteiger partial charge is 0.338 e. The third-order valence-electron chi connectivity index (χ3n) is 3.69. The molecule has 0 aromatic heterocycles. The van der Waals surface area contributed by atoms with Gasteiger partial charge in [-0.1, -0.05) is 12.1 Å². The Labute approximate surface area is 163 Å². The van der Waals surface area contributed by atoms with Crippen LogP contribution in [0.25, 0.3) is 0 Å². The molecule has 0 aliphatic heterocycles. The molecule has 2 aromatic carbocycles. The second kappa shape index (κ2) is 10.6. The summed E-state index contributed by atoms with van der Waals surface area (Å²) in [5.41, 5.74) is 1.77. The Morgan fingerprint density at radius 2 is 1.93 bits per heavy atom. The number of carbonyl (C=O) groups is 2. The number of esters is 1. The van der Waals surface area contributed by atoms with E-state index < -0.39 is 11.9 Å². The van der Waals surface area contributed by atoms with Crippen molar-refractivity contribution in [2.24, 2.45) is 0 Å². The molecular formula is C20H23NO5S. The fourth-order valence-electron chi connectivity index (χ4n) is 2.38. The van der Waals surface area contributed by atoms with Gasteiger partial charge in [0.15, 0.2) is 6.61 Å². The highest BCUT2D eigenvalue weighted by molar-refractivity contribution is 7.98. The summed E-state index contributed by atoms with van der Waals surface area (Å²) in [4.78, 5) is 25.3. The van der Waals surface area contributed by atoms with Crippen LogP contribution in [0.2, 0.25) is 0 Å². The van der Waals surface area contributed by atoms with Crippen LogP contribution >= 0.6 is 11.8 Å². The molecular weight excluding hydrogens is 366 g/mol. The summed E-state index contributed by atoms with van der Waals surface area (Å²) in [6, 6.07) is 12.4. The van der Waals surface area contributed by atoms with Gasteiger partial charge in [0, 0.05) is 17.1 Å². The molecule has 0 saturated carbocycles. The molecule has 0 aliphatic carbocycles. The highest BCUT2D eigenvalue weighted by Gasteiger charge is 2.14. The molecule has 2 aromatic rings.